The number of rotatable bonds is 22. The summed E-state index contributed by atoms with van der Waals surface area (Å²) < 4.78 is 31.1. The van der Waals surface area contributed by atoms with Gasteiger partial charge in [-0.2, -0.15) is 0 Å². The fraction of sp³-hybridized carbons (Fsp3) is 1.00. The third-order valence-electron chi connectivity index (χ3n) is 5.28. The summed E-state index contributed by atoms with van der Waals surface area (Å²) >= 11 is -3.11. The Morgan fingerprint density at radius 3 is 0.903 bits per heavy atom. The van der Waals surface area contributed by atoms with E-state index in [1.54, 1.807) is 0 Å². The smallest absolute Gasteiger partial charge is 0.784 e. The van der Waals surface area contributed by atoms with Gasteiger partial charge < -0.3 is 13.8 Å². The normalized spacial score (nSPS) is 10.2. The molecule has 0 saturated heterocycles. The van der Waals surface area contributed by atoms with Gasteiger partial charge in [0.1, 0.15) is 0 Å². The van der Waals surface area contributed by atoms with Crippen molar-refractivity contribution in [1.29, 1.82) is 0 Å². The minimum Gasteiger partial charge on any atom is -0.784 e. The van der Waals surface area contributed by atoms with Crippen LogP contribution in [-0.4, -0.2) is 26.5 Å². The van der Waals surface area contributed by atoms with Crippen molar-refractivity contribution in [3.63, 3.8) is 0 Å². The van der Waals surface area contributed by atoms with Crippen LogP contribution in [0.25, 0.3) is 0 Å². The largest absolute Gasteiger partial charge is 1.00 e. The first kappa shape index (κ1) is 40.2. The Morgan fingerprint density at radius 2 is 0.677 bits per heavy atom. The molecule has 0 radical (unpaired) electrons. The zero-order chi connectivity index (χ0) is 21.8. The van der Waals surface area contributed by atoms with Gasteiger partial charge >= 0.3 is 59.1 Å². The van der Waals surface area contributed by atoms with Crippen molar-refractivity contribution < 1.29 is 77.2 Å². The Balaban J connectivity index is -0.000000555. The topological polar surface area (TPSA) is 72.4 Å². The molecule has 0 aliphatic rings. The average molecular weight is 481 g/mol. The molecule has 0 atom stereocenters. The van der Waals surface area contributed by atoms with Crippen molar-refractivity contribution in [3.05, 3.63) is 0 Å². The van der Waals surface area contributed by atoms with Crippen LogP contribution >= 0.6 is 0 Å². The second kappa shape index (κ2) is 39.3. The summed E-state index contributed by atoms with van der Waals surface area (Å²) in [6.07, 6.45) is 28.2. The summed E-state index contributed by atoms with van der Waals surface area (Å²) in [6.45, 7) is 6.57. The van der Waals surface area contributed by atoms with Gasteiger partial charge in [0.15, 0.2) is 0 Å². The first-order chi connectivity index (χ1) is 14.1. The summed E-state index contributed by atoms with van der Waals surface area (Å²) in [5.41, 5.74) is 0. The van der Waals surface area contributed by atoms with E-state index in [1.165, 1.54) is 128 Å². The van der Waals surface area contributed by atoms with Crippen LogP contribution < -0.4 is 59.1 Å². The summed E-state index contributed by atoms with van der Waals surface area (Å²) in [7, 11) is 0. The minimum atomic E-state index is -3.11. The molecule has 0 amide bonds. The molecule has 0 bridgehead atoms. The molecule has 0 N–H and O–H groups in total. The van der Waals surface area contributed by atoms with E-state index in [2.05, 4.69) is 13.8 Å². The maximum atomic E-state index is 8.44. The third kappa shape index (κ3) is 50.0. The van der Waals surface area contributed by atoms with Crippen LogP contribution in [0.1, 0.15) is 142 Å². The molecule has 31 heavy (non-hydrogen) atoms. The van der Waals surface area contributed by atoms with E-state index in [0.717, 1.165) is 13.2 Å². The van der Waals surface area contributed by atoms with Crippen molar-refractivity contribution in [2.45, 2.75) is 142 Å². The molecule has 0 heterocycles. The van der Waals surface area contributed by atoms with E-state index in [-0.39, 0.29) is 59.1 Å². The molecule has 0 aliphatic carbocycles. The maximum absolute atomic E-state index is 8.44. The van der Waals surface area contributed by atoms with Gasteiger partial charge in [0, 0.05) is 13.2 Å². The van der Waals surface area contributed by atoms with Gasteiger partial charge in [-0.15, -0.1) is 11.4 Å². The quantitative estimate of drug-likeness (QED) is 0.135. The molecule has 0 aliphatic heterocycles. The van der Waals surface area contributed by atoms with Crippen LogP contribution in [-0.2, 0) is 16.1 Å². The third-order valence-corrected chi connectivity index (χ3v) is 5.28. The molecule has 7 heteroatoms. The van der Waals surface area contributed by atoms with Crippen LogP contribution in [0.5, 0.6) is 0 Å². The molecule has 0 unspecified atom stereocenters. The second-order valence-electron chi connectivity index (χ2n) is 8.18. The van der Waals surface area contributed by atoms with Gasteiger partial charge in [-0.25, -0.2) is 0 Å². The summed E-state index contributed by atoms with van der Waals surface area (Å²) in [5.74, 6) is 0. The van der Waals surface area contributed by atoms with Crippen LogP contribution in [0.15, 0.2) is 0 Å². The Labute approximate surface area is 241 Å². The van der Waals surface area contributed by atoms with E-state index in [9.17, 15) is 0 Å². The molecule has 0 aromatic heterocycles. The van der Waals surface area contributed by atoms with E-state index < -0.39 is 11.4 Å². The molecular weight excluding hydrogens is 430 g/mol. The SMILES string of the molecule is CCCCCCCCCCCCOCCCCCCCCCCCC.O=S([O-])[O-].[Na+].[Na+]. The molecule has 178 valence electrons. The molecule has 0 spiro atoms. The molecule has 0 fully saturated rings. The number of hydrogen-bond donors (Lipinski definition) is 0. The van der Waals surface area contributed by atoms with Crippen molar-refractivity contribution >= 4 is 11.4 Å². The first-order valence-corrected chi connectivity index (χ1v) is 13.5. The van der Waals surface area contributed by atoms with Gasteiger partial charge in [0.2, 0.25) is 0 Å². The Morgan fingerprint density at radius 1 is 0.484 bits per heavy atom. The van der Waals surface area contributed by atoms with Crippen molar-refractivity contribution in [2.75, 3.05) is 13.2 Å². The minimum absolute atomic E-state index is 0. The monoisotopic (exact) mass is 480 g/mol. The van der Waals surface area contributed by atoms with E-state index in [4.69, 9.17) is 18.1 Å². The van der Waals surface area contributed by atoms with E-state index >= 15 is 0 Å². The van der Waals surface area contributed by atoms with Crippen LogP contribution in [0.2, 0.25) is 0 Å². The predicted octanol–water partition coefficient (Wildman–Crippen LogP) is 1.85. The molecule has 0 aromatic rings. The van der Waals surface area contributed by atoms with E-state index in [0.29, 0.717) is 0 Å². The molecule has 0 aromatic carbocycles. The van der Waals surface area contributed by atoms with Gasteiger partial charge in [0.05, 0.1) is 0 Å². The molecule has 0 rings (SSSR count). The van der Waals surface area contributed by atoms with Gasteiger partial charge in [-0.1, -0.05) is 129 Å². The fourth-order valence-electron chi connectivity index (χ4n) is 3.49. The van der Waals surface area contributed by atoms with Crippen molar-refractivity contribution in [3.8, 4) is 0 Å². The average Bonchev–Trinajstić information content (AvgIpc) is 2.69. The first-order valence-electron chi connectivity index (χ1n) is 12.5. The number of hydrogen-bond acceptors (Lipinski definition) is 4. The zero-order valence-corrected chi connectivity index (χ0v) is 26.4. The van der Waals surface area contributed by atoms with Crippen LogP contribution in [0.3, 0.4) is 0 Å². The second-order valence-corrected chi connectivity index (χ2v) is 8.59. The molecule has 0 saturated carbocycles. The van der Waals surface area contributed by atoms with Gasteiger partial charge in [0.25, 0.3) is 0 Å². The van der Waals surface area contributed by atoms with Crippen LogP contribution in [0, 0.1) is 0 Å². The molecule has 4 nitrogen and oxygen atoms in total. The van der Waals surface area contributed by atoms with Gasteiger partial charge in [-0.05, 0) is 12.8 Å². The van der Waals surface area contributed by atoms with E-state index in [1.807, 2.05) is 0 Å². The summed E-state index contributed by atoms with van der Waals surface area (Å²) in [6, 6.07) is 0. The van der Waals surface area contributed by atoms with Crippen molar-refractivity contribution in [2.24, 2.45) is 0 Å². The van der Waals surface area contributed by atoms with Crippen molar-refractivity contribution in [1.82, 2.24) is 0 Å². The molecular formula is C24H50Na2O4S. The Hall–Kier alpha value is 2.03. The summed E-state index contributed by atoms with van der Waals surface area (Å²) in [4.78, 5) is 0. The van der Waals surface area contributed by atoms with Crippen LogP contribution in [0.4, 0.5) is 0 Å². The Kier molecular flexibility index (Phi) is 50.9. The summed E-state index contributed by atoms with van der Waals surface area (Å²) in [5, 5.41) is 0. The number of unbranched alkanes of at least 4 members (excludes halogenated alkanes) is 18. The standard InChI is InChI=1S/C24H50O.2Na.H2O3S/c1-3-5-7-9-11-13-15-17-19-21-23-25-24-22-20-18-16-14-12-10-8-6-4-2;;;1-4(2)3/h3-24H2,1-2H3;;;(H2,1,2,3)/q;2*+1;/p-2. The fourth-order valence-corrected chi connectivity index (χ4v) is 3.49. The predicted molar refractivity (Wildman–Crippen MR) is 124 cm³/mol. The van der Waals surface area contributed by atoms with Gasteiger partial charge in [-0.3, -0.25) is 4.21 Å². The number of ether oxygens (including phenoxy) is 1. The zero-order valence-electron chi connectivity index (χ0n) is 21.6. The Bertz CT molecular complexity index is 285. The maximum Gasteiger partial charge on any atom is 1.00 e.